The van der Waals surface area contributed by atoms with Crippen LogP contribution >= 0.6 is 11.6 Å². The minimum Gasteiger partial charge on any atom is -0.465 e. The Kier molecular flexibility index (Phi) is 3.25. The van der Waals surface area contributed by atoms with Crippen molar-refractivity contribution in [3.63, 3.8) is 0 Å². The summed E-state index contributed by atoms with van der Waals surface area (Å²) in [4.78, 5) is 11.1. The van der Waals surface area contributed by atoms with Gasteiger partial charge in [0.15, 0.2) is 0 Å². The van der Waals surface area contributed by atoms with Crippen LogP contribution in [0, 0.1) is 5.82 Å². The highest BCUT2D eigenvalue weighted by Gasteiger charge is 2.14. The molecule has 0 radical (unpaired) electrons. The molecule has 0 atom stereocenters. The van der Waals surface area contributed by atoms with Crippen molar-refractivity contribution >= 4 is 23.6 Å². The lowest BCUT2D eigenvalue weighted by Crippen LogP contribution is -2.04. The summed E-state index contributed by atoms with van der Waals surface area (Å²) in [5.74, 6) is -1.44. The van der Waals surface area contributed by atoms with Crippen molar-refractivity contribution < 1.29 is 13.9 Å². The molecule has 0 aliphatic heterocycles. The van der Waals surface area contributed by atoms with E-state index in [9.17, 15) is 9.18 Å². The summed E-state index contributed by atoms with van der Waals surface area (Å²) in [7, 11) is 1.18. The van der Waals surface area contributed by atoms with Crippen LogP contribution in [0.1, 0.15) is 15.9 Å². The Labute approximate surface area is 85.9 Å². The number of methoxy groups -OCH3 is 1. The molecule has 0 fully saturated rings. The maximum atomic E-state index is 13.2. The van der Waals surface area contributed by atoms with E-state index in [0.29, 0.717) is 5.56 Å². The Hall–Kier alpha value is -1.35. The molecule has 1 aromatic rings. The van der Waals surface area contributed by atoms with Gasteiger partial charge in [0, 0.05) is 0 Å². The summed E-state index contributed by atoms with van der Waals surface area (Å²) >= 11 is 5.69. The number of hydrogen-bond acceptors (Lipinski definition) is 2. The fraction of sp³-hybridized carbons (Fsp3) is 0.100. The van der Waals surface area contributed by atoms with E-state index in [1.54, 1.807) is 0 Å². The van der Waals surface area contributed by atoms with Gasteiger partial charge < -0.3 is 4.74 Å². The normalized spacial score (nSPS) is 9.64. The van der Waals surface area contributed by atoms with Crippen LogP contribution in [0.25, 0.3) is 6.08 Å². The van der Waals surface area contributed by atoms with Gasteiger partial charge in [-0.3, -0.25) is 0 Å². The van der Waals surface area contributed by atoms with Crippen LogP contribution in [0.5, 0.6) is 0 Å². The average Bonchev–Trinajstić information content (AvgIpc) is 2.17. The maximum Gasteiger partial charge on any atom is 0.340 e. The predicted octanol–water partition coefficient (Wildman–Crippen LogP) is 2.91. The molecule has 0 aliphatic rings. The first-order valence-corrected chi connectivity index (χ1v) is 4.17. The van der Waals surface area contributed by atoms with Gasteiger partial charge in [0.1, 0.15) is 5.82 Å². The van der Waals surface area contributed by atoms with Gasteiger partial charge in [-0.15, -0.1) is 0 Å². The van der Waals surface area contributed by atoms with Crippen LogP contribution in [-0.2, 0) is 4.74 Å². The third kappa shape index (κ3) is 1.93. The smallest absolute Gasteiger partial charge is 0.340 e. The van der Waals surface area contributed by atoms with Crippen molar-refractivity contribution in [3.8, 4) is 0 Å². The van der Waals surface area contributed by atoms with E-state index in [1.807, 2.05) is 0 Å². The third-order valence-corrected chi connectivity index (χ3v) is 2.04. The van der Waals surface area contributed by atoms with Crippen molar-refractivity contribution in [3.05, 3.63) is 40.7 Å². The number of halogens is 2. The van der Waals surface area contributed by atoms with Crippen molar-refractivity contribution in [1.29, 1.82) is 0 Å². The molecule has 1 aromatic carbocycles. The van der Waals surface area contributed by atoms with E-state index in [4.69, 9.17) is 11.6 Å². The molecule has 0 bridgehead atoms. The number of carbonyl (C=O) groups excluding carboxylic acids is 1. The number of benzene rings is 1. The molecule has 0 heterocycles. The molecular weight excluding hydrogens is 207 g/mol. The highest BCUT2D eigenvalue weighted by atomic mass is 35.5. The first-order chi connectivity index (χ1) is 6.60. The molecule has 0 N–H and O–H groups in total. The fourth-order valence-corrected chi connectivity index (χ4v) is 1.22. The van der Waals surface area contributed by atoms with E-state index in [1.165, 1.54) is 19.3 Å². The molecule has 0 aliphatic carbocycles. The first kappa shape index (κ1) is 10.7. The van der Waals surface area contributed by atoms with Crippen LogP contribution in [0.3, 0.4) is 0 Å². The van der Waals surface area contributed by atoms with Crippen LogP contribution in [0.2, 0.25) is 5.02 Å². The van der Waals surface area contributed by atoms with Gasteiger partial charge >= 0.3 is 5.97 Å². The Morgan fingerprint density at radius 3 is 2.79 bits per heavy atom. The predicted molar refractivity (Wildman–Crippen MR) is 52.8 cm³/mol. The zero-order valence-electron chi connectivity index (χ0n) is 7.51. The Bertz CT molecular complexity index is 388. The van der Waals surface area contributed by atoms with Crippen LogP contribution in [0.4, 0.5) is 4.39 Å². The van der Waals surface area contributed by atoms with Gasteiger partial charge in [-0.1, -0.05) is 24.3 Å². The molecule has 0 saturated carbocycles. The van der Waals surface area contributed by atoms with Gasteiger partial charge in [-0.05, 0) is 17.7 Å². The summed E-state index contributed by atoms with van der Waals surface area (Å²) in [5.41, 5.74) is 0.347. The highest BCUT2D eigenvalue weighted by molar-refractivity contribution is 6.32. The highest BCUT2D eigenvalue weighted by Crippen LogP contribution is 2.22. The second-order valence-corrected chi connectivity index (χ2v) is 2.96. The fourth-order valence-electron chi connectivity index (χ4n) is 0.989. The topological polar surface area (TPSA) is 26.3 Å². The minimum atomic E-state index is -0.734. The van der Waals surface area contributed by atoms with Crippen molar-refractivity contribution in [2.24, 2.45) is 0 Å². The number of hydrogen-bond donors (Lipinski definition) is 0. The van der Waals surface area contributed by atoms with E-state index < -0.39 is 11.8 Å². The van der Waals surface area contributed by atoms with E-state index in [-0.39, 0.29) is 10.6 Å². The number of rotatable bonds is 2. The first-order valence-electron chi connectivity index (χ1n) is 3.80. The molecule has 14 heavy (non-hydrogen) atoms. The van der Waals surface area contributed by atoms with E-state index in [2.05, 4.69) is 11.3 Å². The number of esters is 1. The quantitative estimate of drug-likeness (QED) is 0.708. The van der Waals surface area contributed by atoms with Gasteiger partial charge in [0.25, 0.3) is 0 Å². The Balaban J connectivity index is 3.30. The molecule has 1 rings (SSSR count). The molecule has 74 valence electrons. The molecule has 0 spiro atoms. The molecule has 0 unspecified atom stereocenters. The van der Waals surface area contributed by atoms with E-state index in [0.717, 1.165) is 6.07 Å². The van der Waals surface area contributed by atoms with Crippen LogP contribution in [-0.4, -0.2) is 13.1 Å². The second-order valence-electron chi connectivity index (χ2n) is 2.55. The van der Waals surface area contributed by atoms with Crippen molar-refractivity contribution in [2.45, 2.75) is 0 Å². The lowest BCUT2D eigenvalue weighted by molar-refractivity contribution is 0.0595. The van der Waals surface area contributed by atoms with Crippen LogP contribution < -0.4 is 0 Å². The van der Waals surface area contributed by atoms with E-state index >= 15 is 0 Å². The second kappa shape index (κ2) is 4.24. The summed E-state index contributed by atoms with van der Waals surface area (Å²) in [6.45, 7) is 3.49. The standard InChI is InChI=1S/C10H8ClFO2/c1-3-6-4-7(10(13)14-2)9(12)5-8(6)11/h3-5H,1H2,2H3. The minimum absolute atomic E-state index is 0.146. The summed E-state index contributed by atoms with van der Waals surface area (Å²) in [5, 5.41) is 0.213. The molecule has 2 nitrogen and oxygen atoms in total. The Morgan fingerprint density at radius 1 is 1.64 bits per heavy atom. The zero-order valence-corrected chi connectivity index (χ0v) is 8.27. The van der Waals surface area contributed by atoms with Gasteiger partial charge in [-0.25, -0.2) is 9.18 Å². The summed E-state index contributed by atoms with van der Waals surface area (Å²) in [6, 6.07) is 2.36. The van der Waals surface area contributed by atoms with Gasteiger partial charge in [-0.2, -0.15) is 0 Å². The molecular formula is C10H8ClFO2. The van der Waals surface area contributed by atoms with Crippen molar-refractivity contribution in [2.75, 3.05) is 7.11 Å². The number of ether oxygens (including phenoxy) is 1. The molecule has 0 saturated heterocycles. The summed E-state index contributed by atoms with van der Waals surface area (Å²) < 4.78 is 17.6. The lowest BCUT2D eigenvalue weighted by atomic mass is 10.1. The largest absolute Gasteiger partial charge is 0.465 e. The molecule has 4 heteroatoms. The lowest BCUT2D eigenvalue weighted by Gasteiger charge is -2.04. The molecule has 0 amide bonds. The van der Waals surface area contributed by atoms with Gasteiger partial charge in [0.05, 0.1) is 17.7 Å². The van der Waals surface area contributed by atoms with Gasteiger partial charge in [0.2, 0.25) is 0 Å². The van der Waals surface area contributed by atoms with Crippen molar-refractivity contribution in [1.82, 2.24) is 0 Å². The molecule has 0 aromatic heterocycles. The number of carbonyl (C=O) groups is 1. The van der Waals surface area contributed by atoms with Crippen LogP contribution in [0.15, 0.2) is 18.7 Å². The third-order valence-electron chi connectivity index (χ3n) is 1.71. The zero-order chi connectivity index (χ0) is 10.7. The maximum absolute atomic E-state index is 13.2. The SMILES string of the molecule is C=Cc1cc(C(=O)OC)c(F)cc1Cl. The Morgan fingerprint density at radius 2 is 2.29 bits per heavy atom. The summed E-state index contributed by atoms with van der Waals surface area (Å²) in [6.07, 6.45) is 1.44. The average molecular weight is 215 g/mol. The monoisotopic (exact) mass is 214 g/mol.